The van der Waals surface area contributed by atoms with Gasteiger partial charge in [-0.2, -0.15) is 0 Å². The Morgan fingerprint density at radius 3 is 2.43 bits per heavy atom. The summed E-state index contributed by atoms with van der Waals surface area (Å²) in [6.45, 7) is 0. The lowest BCUT2D eigenvalue weighted by Crippen LogP contribution is -2.44. The van der Waals surface area contributed by atoms with E-state index in [0.717, 1.165) is 10.9 Å². The monoisotopic (exact) mass is 323 g/mol. The second-order valence-corrected chi connectivity index (χ2v) is 4.90. The van der Waals surface area contributed by atoms with Crippen molar-refractivity contribution in [1.82, 2.24) is 11.1 Å². The first-order valence-corrected chi connectivity index (χ1v) is 6.32. The molecule has 1 aromatic carbocycles. The molecule has 0 saturated carbocycles. The summed E-state index contributed by atoms with van der Waals surface area (Å²) in [4.78, 5) is 25.2. The molecule has 23 heavy (non-hydrogen) atoms. The molecule has 0 saturated heterocycles. The predicted molar refractivity (Wildman–Crippen MR) is 81.1 cm³/mol. The number of aliphatic carboxylic acids is 2. The van der Waals surface area contributed by atoms with Crippen LogP contribution in [0, 0.1) is 0 Å². The van der Waals surface area contributed by atoms with Gasteiger partial charge in [-0.3, -0.25) is 0 Å². The molecule has 0 aliphatic carbocycles. The lowest BCUT2D eigenvalue weighted by Gasteiger charge is -2.22. The molecule has 0 spiro atoms. The zero-order valence-electron chi connectivity index (χ0n) is 12.1. The van der Waals surface area contributed by atoms with Crippen molar-refractivity contribution in [1.29, 1.82) is 0 Å². The Hall–Kier alpha value is -2.91. The Morgan fingerprint density at radius 2 is 1.87 bits per heavy atom. The van der Waals surface area contributed by atoms with Gasteiger partial charge in [-0.05, 0) is 11.6 Å². The molecule has 1 aromatic heterocycles. The smallest absolute Gasteiger partial charge is 0.353 e. The predicted octanol–water partition coefficient (Wildman–Crippen LogP) is 0.993. The van der Waals surface area contributed by atoms with Crippen LogP contribution in [0.4, 0.5) is 0 Å². The third kappa shape index (κ3) is 3.65. The molecule has 1 heterocycles. The van der Waals surface area contributed by atoms with Crippen LogP contribution < -0.4 is 6.15 Å². The fourth-order valence-corrected chi connectivity index (χ4v) is 2.24. The van der Waals surface area contributed by atoms with E-state index in [2.05, 4.69) is 10.1 Å². The first kappa shape index (κ1) is 18.1. The summed E-state index contributed by atoms with van der Waals surface area (Å²) >= 11 is 0. The molecule has 0 fully saturated rings. The number of fused-ring (bicyclic) bond motifs is 1. The molecule has 0 amide bonds. The number of aliphatic hydroxyl groups is 1. The topological polar surface area (TPSA) is 178 Å². The highest BCUT2D eigenvalue weighted by molar-refractivity contribution is 6.36. The number of carboxylic acids is 2. The van der Waals surface area contributed by atoms with E-state index in [4.69, 9.17) is 10.3 Å². The maximum Gasteiger partial charge on any atom is 0.353 e. The Kier molecular flexibility index (Phi) is 5.44. The highest BCUT2D eigenvalue weighted by atomic mass is 16.4. The minimum absolute atomic E-state index is 0. The fourth-order valence-electron chi connectivity index (χ4n) is 2.24. The summed E-state index contributed by atoms with van der Waals surface area (Å²) in [5.74, 6) is -3.19. The molecule has 124 valence electrons. The number of nitrogens with zero attached hydrogens (tertiary/aromatic N) is 1. The van der Waals surface area contributed by atoms with Crippen LogP contribution in [0.15, 0.2) is 35.6 Å². The average Bonchev–Trinajstić information content (AvgIpc) is 2.87. The quantitative estimate of drug-likeness (QED) is 0.260. The van der Waals surface area contributed by atoms with Crippen molar-refractivity contribution in [3.63, 3.8) is 0 Å². The summed E-state index contributed by atoms with van der Waals surface area (Å²) < 4.78 is 0. The number of aromatic amines is 1. The summed E-state index contributed by atoms with van der Waals surface area (Å²) in [5, 5.41) is 40.2. The SMILES string of the molecule is N.O=C(O)C(C[C@](O)(Cc1c[nH]c2ccccc12)C(=O)O)=NO. The molecule has 8 N–H and O–H groups in total. The van der Waals surface area contributed by atoms with Crippen molar-refractivity contribution in [2.75, 3.05) is 0 Å². The van der Waals surface area contributed by atoms with Crippen molar-refractivity contribution < 1.29 is 30.1 Å². The summed E-state index contributed by atoms with van der Waals surface area (Å²) in [6.07, 6.45) is 0.390. The van der Waals surface area contributed by atoms with Gasteiger partial charge in [0.15, 0.2) is 11.3 Å². The van der Waals surface area contributed by atoms with Gasteiger partial charge in [-0.15, -0.1) is 0 Å². The van der Waals surface area contributed by atoms with Crippen molar-refractivity contribution in [2.45, 2.75) is 18.4 Å². The fraction of sp³-hybridized carbons (Fsp3) is 0.214. The molecule has 0 aliphatic heterocycles. The summed E-state index contributed by atoms with van der Waals surface area (Å²) in [6, 6.07) is 7.10. The highest BCUT2D eigenvalue weighted by Gasteiger charge is 2.40. The molecular formula is C14H17N3O6. The van der Waals surface area contributed by atoms with Gasteiger partial charge < -0.3 is 31.7 Å². The number of rotatable bonds is 6. The maximum atomic E-state index is 11.4. The largest absolute Gasteiger partial charge is 0.479 e. The number of oxime groups is 1. The molecule has 1 atom stereocenters. The molecule has 2 aromatic rings. The molecular weight excluding hydrogens is 306 g/mol. The molecule has 0 radical (unpaired) electrons. The molecule has 0 aliphatic rings. The second-order valence-electron chi connectivity index (χ2n) is 4.90. The van der Waals surface area contributed by atoms with E-state index < -0.39 is 29.7 Å². The highest BCUT2D eigenvalue weighted by Crippen LogP contribution is 2.25. The minimum atomic E-state index is -2.40. The van der Waals surface area contributed by atoms with E-state index in [1.807, 2.05) is 0 Å². The number of H-pyrrole nitrogens is 1. The van der Waals surface area contributed by atoms with Crippen LogP contribution in [0.25, 0.3) is 10.9 Å². The Bertz CT molecular complexity index is 754. The van der Waals surface area contributed by atoms with E-state index in [0.29, 0.717) is 5.56 Å². The molecule has 9 heteroatoms. The number of carboxylic acid groups (broad SMARTS) is 2. The van der Waals surface area contributed by atoms with Gasteiger partial charge in [0.05, 0.1) is 0 Å². The van der Waals surface area contributed by atoms with Crippen LogP contribution in [-0.2, 0) is 16.0 Å². The lowest BCUT2D eigenvalue weighted by molar-refractivity contribution is -0.157. The van der Waals surface area contributed by atoms with Crippen LogP contribution in [0.2, 0.25) is 0 Å². The number of nitrogens with one attached hydrogen (secondary N) is 1. The zero-order valence-corrected chi connectivity index (χ0v) is 12.1. The van der Waals surface area contributed by atoms with Gasteiger partial charge in [0.2, 0.25) is 0 Å². The number of aromatic nitrogens is 1. The summed E-state index contributed by atoms with van der Waals surface area (Å²) in [5.41, 5.74) is -1.95. The summed E-state index contributed by atoms with van der Waals surface area (Å²) in [7, 11) is 0. The average molecular weight is 323 g/mol. The van der Waals surface area contributed by atoms with Gasteiger partial charge in [0.25, 0.3) is 0 Å². The number of para-hydroxylation sites is 1. The van der Waals surface area contributed by atoms with Crippen LogP contribution in [0.1, 0.15) is 12.0 Å². The normalized spacial score (nSPS) is 14.0. The van der Waals surface area contributed by atoms with Crippen LogP contribution in [0.5, 0.6) is 0 Å². The minimum Gasteiger partial charge on any atom is -0.479 e. The number of hydrogen-bond donors (Lipinski definition) is 6. The molecule has 2 rings (SSSR count). The zero-order chi connectivity index (χ0) is 16.3. The number of hydrogen-bond acceptors (Lipinski definition) is 6. The van der Waals surface area contributed by atoms with E-state index in [1.54, 1.807) is 30.5 Å². The van der Waals surface area contributed by atoms with E-state index in [9.17, 15) is 19.8 Å². The van der Waals surface area contributed by atoms with Crippen LogP contribution in [0.3, 0.4) is 0 Å². The van der Waals surface area contributed by atoms with Gasteiger partial charge >= 0.3 is 11.9 Å². The molecule has 9 nitrogen and oxygen atoms in total. The third-order valence-corrected chi connectivity index (χ3v) is 3.38. The number of benzene rings is 1. The first-order valence-electron chi connectivity index (χ1n) is 6.32. The van der Waals surface area contributed by atoms with E-state index in [-0.39, 0.29) is 12.6 Å². The Morgan fingerprint density at radius 1 is 1.22 bits per heavy atom. The van der Waals surface area contributed by atoms with Gasteiger partial charge in [-0.25, -0.2) is 9.59 Å². The van der Waals surface area contributed by atoms with E-state index >= 15 is 0 Å². The first-order chi connectivity index (χ1) is 10.4. The van der Waals surface area contributed by atoms with Crippen molar-refractivity contribution in [3.05, 3.63) is 36.0 Å². The van der Waals surface area contributed by atoms with E-state index in [1.165, 1.54) is 0 Å². The van der Waals surface area contributed by atoms with Crippen molar-refractivity contribution >= 4 is 28.6 Å². The van der Waals surface area contributed by atoms with Crippen LogP contribution >= 0.6 is 0 Å². The van der Waals surface area contributed by atoms with Crippen molar-refractivity contribution in [2.24, 2.45) is 5.16 Å². The van der Waals surface area contributed by atoms with Gasteiger partial charge in [-0.1, -0.05) is 23.4 Å². The second kappa shape index (κ2) is 6.90. The standard InChI is InChI=1S/C14H14N2O6.H3N/c17-12(18)11(16-22)6-14(21,13(19)20)5-8-7-15-10-4-2-1-3-9(8)10;/h1-4,7,15,21-22H,5-6H2,(H,17,18)(H,19,20);1H3/t14-;/m1./s1. The Balaban J connectivity index is 0.00000264. The van der Waals surface area contributed by atoms with Gasteiger partial charge in [0, 0.05) is 29.9 Å². The van der Waals surface area contributed by atoms with Gasteiger partial charge in [0.1, 0.15) is 0 Å². The van der Waals surface area contributed by atoms with Crippen LogP contribution in [-0.4, -0.2) is 48.8 Å². The lowest BCUT2D eigenvalue weighted by atomic mass is 9.89. The number of carbonyl (C=O) groups is 2. The maximum absolute atomic E-state index is 11.4. The molecule has 0 bridgehead atoms. The Labute approximate surface area is 130 Å². The molecule has 0 unspecified atom stereocenters. The third-order valence-electron chi connectivity index (χ3n) is 3.38. The van der Waals surface area contributed by atoms with Crippen molar-refractivity contribution in [3.8, 4) is 0 Å².